The van der Waals surface area contributed by atoms with Crippen LogP contribution in [-0.2, 0) is 13.5 Å². The lowest BCUT2D eigenvalue weighted by Gasteiger charge is -1.91. The molecule has 0 bridgehead atoms. The molecule has 1 heterocycles. The van der Waals surface area contributed by atoms with Gasteiger partial charge in [-0.15, -0.1) is 0 Å². The molecule has 0 aliphatic rings. The molecule has 0 amide bonds. The minimum atomic E-state index is -2.85. The Balaban J connectivity index is 3.07. The Bertz CT molecular complexity index is 423. The summed E-state index contributed by atoms with van der Waals surface area (Å²) in [7, 11) is 3.83. The fraction of sp³-hybridized carbons (Fsp3) is 0.167. The second-order valence-electron chi connectivity index (χ2n) is 2.08. The van der Waals surface area contributed by atoms with Crippen LogP contribution in [0.2, 0.25) is 0 Å². The van der Waals surface area contributed by atoms with E-state index in [-0.39, 0.29) is 9.22 Å². The normalized spacial score (nSPS) is 14.9. The first-order valence-electron chi connectivity index (χ1n) is 3.06. The van der Waals surface area contributed by atoms with Gasteiger partial charge in [-0.1, -0.05) is 11.3 Å². The summed E-state index contributed by atoms with van der Waals surface area (Å²) in [5.74, 6) is 2.70. The molecule has 1 aromatic rings. The lowest BCUT2D eigenvalue weighted by atomic mass is 10.6. The van der Waals surface area contributed by atoms with E-state index in [0.717, 1.165) is 11.3 Å². The molecule has 0 spiro atoms. The topological polar surface area (TPSA) is 56.3 Å². The maximum Gasteiger partial charge on any atom is 0.349 e. The molecule has 0 aromatic carbocycles. The molecule has 0 saturated carbocycles. The van der Waals surface area contributed by atoms with Gasteiger partial charge >= 0.3 is 5.97 Å². The van der Waals surface area contributed by atoms with Crippen molar-refractivity contribution in [1.29, 1.82) is 0 Å². The minimum Gasteiger partial charge on any atom is -0.465 e. The number of thiazole rings is 1. The van der Waals surface area contributed by atoms with E-state index in [0.29, 0.717) is 0 Å². The first kappa shape index (κ1) is 10.5. The highest BCUT2D eigenvalue weighted by Gasteiger charge is 2.14. The summed E-state index contributed by atoms with van der Waals surface area (Å²) in [6, 6.07) is 0. The quantitative estimate of drug-likeness (QED) is 0.442. The van der Waals surface area contributed by atoms with E-state index in [2.05, 4.69) is 15.6 Å². The largest absolute Gasteiger partial charge is 0.465 e. The number of hydrogen-bond donors (Lipinski definition) is 0. The predicted octanol–water partition coefficient (Wildman–Crippen LogP) is 1.16. The smallest absolute Gasteiger partial charge is 0.349 e. The Hall–Kier alpha value is -0.590. The second kappa shape index (κ2) is 3.65. The number of carbonyl (C=O) groups excluding carboxylic acids is 1. The number of hydrogen-bond acceptors (Lipinski definition) is 5. The van der Waals surface area contributed by atoms with Crippen molar-refractivity contribution in [2.75, 3.05) is 7.11 Å². The van der Waals surface area contributed by atoms with Gasteiger partial charge in [0.1, 0.15) is 13.6 Å². The summed E-state index contributed by atoms with van der Waals surface area (Å²) < 4.78 is 15.7. The van der Waals surface area contributed by atoms with Crippen LogP contribution in [0.3, 0.4) is 0 Å². The van der Waals surface area contributed by atoms with Crippen molar-refractivity contribution >= 4 is 42.6 Å². The Kier molecular flexibility index (Phi) is 2.94. The van der Waals surface area contributed by atoms with Gasteiger partial charge in [-0.3, -0.25) is 0 Å². The van der Waals surface area contributed by atoms with Crippen LogP contribution < -0.4 is 0 Å². The van der Waals surface area contributed by atoms with Crippen molar-refractivity contribution in [2.45, 2.75) is 4.34 Å². The molecule has 1 atom stereocenters. The Morgan fingerprint density at radius 2 is 2.46 bits per heavy atom. The average Bonchev–Trinajstić information content (AvgIpc) is 2.50. The number of rotatable bonds is 2. The van der Waals surface area contributed by atoms with Gasteiger partial charge in [0.05, 0.1) is 13.3 Å². The van der Waals surface area contributed by atoms with Crippen LogP contribution in [0.4, 0.5) is 0 Å². The van der Waals surface area contributed by atoms with Crippen LogP contribution in [0.15, 0.2) is 10.5 Å². The molecular weight excluding hydrogens is 234 g/mol. The van der Waals surface area contributed by atoms with Gasteiger partial charge in [-0.05, 0) is 16.6 Å². The Morgan fingerprint density at radius 3 is 2.85 bits per heavy atom. The van der Waals surface area contributed by atoms with Crippen LogP contribution in [0, 0.1) is 0 Å². The summed E-state index contributed by atoms with van der Waals surface area (Å²) in [5, 5.41) is 0. The summed E-state index contributed by atoms with van der Waals surface area (Å²) in [5.41, 5.74) is 0. The van der Waals surface area contributed by atoms with Crippen LogP contribution in [-0.4, -0.2) is 28.1 Å². The molecular formula is C6H6ClNO3S2. The van der Waals surface area contributed by atoms with Crippen molar-refractivity contribution in [3.8, 4) is 0 Å². The summed E-state index contributed by atoms with van der Waals surface area (Å²) in [6.07, 6.45) is 1.26. The number of methoxy groups -OCH3 is 1. The molecule has 1 aromatic heterocycles. The number of halogens is 1. The first-order chi connectivity index (χ1) is 5.95. The Labute approximate surface area is 84.0 Å². The van der Waals surface area contributed by atoms with Crippen LogP contribution in [0.5, 0.6) is 0 Å². The number of nitrogens with zero attached hydrogens (tertiary/aromatic N) is 1. The zero-order valence-electron chi connectivity index (χ0n) is 6.65. The van der Waals surface area contributed by atoms with Crippen LogP contribution in [0.1, 0.15) is 9.67 Å². The molecule has 0 radical (unpaired) electrons. The standard InChI is InChI=1S/C6H6ClNO3S2/c1-11-5(9)4-3-8-6(12-4)13(2,7)10/h3H,2H2,1H3. The minimum absolute atomic E-state index is 0.134. The van der Waals surface area contributed by atoms with Gasteiger partial charge in [0.15, 0.2) is 4.34 Å². The van der Waals surface area contributed by atoms with E-state index in [4.69, 9.17) is 10.7 Å². The second-order valence-corrected chi connectivity index (χ2v) is 6.44. The lowest BCUT2D eigenvalue weighted by molar-refractivity contribution is 0.0606. The number of carbonyl (C=O) groups is 1. The highest BCUT2D eigenvalue weighted by molar-refractivity contribution is 8.22. The predicted molar refractivity (Wildman–Crippen MR) is 52.8 cm³/mol. The Morgan fingerprint density at radius 1 is 1.85 bits per heavy atom. The molecule has 1 unspecified atom stereocenters. The average molecular weight is 240 g/mol. The fourth-order valence-corrected chi connectivity index (χ4v) is 2.54. The SMILES string of the molecule is C=S(=O)(Cl)c1ncc(C(=O)OC)s1. The fourth-order valence-electron chi connectivity index (χ4n) is 0.594. The molecule has 1 rings (SSSR count). The maximum absolute atomic E-state index is 11.2. The van der Waals surface area contributed by atoms with Crippen molar-refractivity contribution in [2.24, 2.45) is 0 Å². The highest BCUT2D eigenvalue weighted by atomic mass is 35.7. The van der Waals surface area contributed by atoms with E-state index in [1.54, 1.807) is 0 Å². The van der Waals surface area contributed by atoms with E-state index in [1.165, 1.54) is 13.3 Å². The maximum atomic E-state index is 11.2. The molecule has 0 saturated heterocycles. The molecule has 7 heteroatoms. The van der Waals surface area contributed by atoms with E-state index in [9.17, 15) is 9.00 Å². The van der Waals surface area contributed by atoms with Gasteiger partial charge in [0.2, 0.25) is 0 Å². The van der Waals surface area contributed by atoms with E-state index < -0.39 is 14.7 Å². The zero-order valence-corrected chi connectivity index (χ0v) is 9.04. The molecule has 0 N–H and O–H groups in total. The summed E-state index contributed by atoms with van der Waals surface area (Å²) >= 11 is 0.917. The molecule has 0 aliphatic heterocycles. The number of ether oxygens (including phenoxy) is 1. The molecule has 0 aliphatic carbocycles. The third kappa shape index (κ3) is 2.43. The molecule has 13 heavy (non-hydrogen) atoms. The molecule has 4 nitrogen and oxygen atoms in total. The van der Waals surface area contributed by atoms with Gasteiger partial charge in [-0.2, -0.15) is 0 Å². The van der Waals surface area contributed by atoms with Crippen molar-refractivity contribution < 1.29 is 13.7 Å². The van der Waals surface area contributed by atoms with Crippen LogP contribution >= 0.6 is 22.0 Å². The van der Waals surface area contributed by atoms with Gasteiger partial charge in [0, 0.05) is 0 Å². The van der Waals surface area contributed by atoms with Crippen LogP contribution in [0.25, 0.3) is 0 Å². The summed E-state index contributed by atoms with van der Waals surface area (Å²) in [6.45, 7) is 0. The summed E-state index contributed by atoms with van der Waals surface area (Å²) in [4.78, 5) is 14.9. The zero-order chi connectivity index (χ0) is 10.1. The van der Waals surface area contributed by atoms with E-state index in [1.807, 2.05) is 0 Å². The number of esters is 1. The number of aromatic nitrogens is 1. The molecule has 0 fully saturated rings. The van der Waals surface area contributed by atoms with Gasteiger partial charge < -0.3 is 4.74 Å². The third-order valence-electron chi connectivity index (χ3n) is 1.13. The van der Waals surface area contributed by atoms with E-state index >= 15 is 0 Å². The van der Waals surface area contributed by atoms with Crippen molar-refractivity contribution in [3.63, 3.8) is 0 Å². The first-order valence-corrected chi connectivity index (χ1v) is 6.43. The lowest BCUT2D eigenvalue weighted by Crippen LogP contribution is -1.96. The van der Waals surface area contributed by atoms with Crippen molar-refractivity contribution in [1.82, 2.24) is 4.98 Å². The van der Waals surface area contributed by atoms with Gasteiger partial charge in [0.25, 0.3) is 0 Å². The highest BCUT2D eigenvalue weighted by Crippen LogP contribution is 2.21. The monoisotopic (exact) mass is 239 g/mol. The van der Waals surface area contributed by atoms with Crippen molar-refractivity contribution in [3.05, 3.63) is 11.1 Å². The van der Waals surface area contributed by atoms with Gasteiger partial charge in [-0.25, -0.2) is 14.0 Å². The molecule has 72 valence electrons. The third-order valence-corrected chi connectivity index (χ3v) is 4.30.